The van der Waals surface area contributed by atoms with Crippen LogP contribution in [0.1, 0.15) is 6.42 Å². The molecule has 12 heteroatoms. The number of rotatable bonds is 17. The Morgan fingerprint density at radius 1 is 0.833 bits per heavy atom. The second kappa shape index (κ2) is 16.4. The standard InChI is InChI=1S/C30H43FN6O4S/c31-25-5-7-37(23-25)29-4-1-24(22-33-29)30-34-27-3-2-26(21-28(27)42-30)36-10-8-35(9-11-36)12-14-39-16-18-41-20-19-40-17-15-38-13-6-32/h1-4,21-22,25H,5-20,23,32H2/t25-/m1/s1. The predicted octanol–water partition coefficient (Wildman–Crippen LogP) is 3.05. The Morgan fingerprint density at radius 3 is 2.19 bits per heavy atom. The Kier molecular flexibility index (Phi) is 12.1. The third-order valence-corrected chi connectivity index (χ3v) is 8.56. The Balaban J connectivity index is 0.980. The number of aromatic nitrogens is 2. The van der Waals surface area contributed by atoms with E-state index in [2.05, 4.69) is 33.0 Å². The molecule has 0 amide bonds. The molecule has 0 spiro atoms. The SMILES string of the molecule is NCCOCCOCCOCCOCCN1CCN(c2ccc3nc(-c4ccc(N5CC[C@@H](F)C5)nc4)sc3c2)CC1. The summed E-state index contributed by atoms with van der Waals surface area (Å²) in [5, 5.41) is 0.957. The van der Waals surface area contributed by atoms with Crippen LogP contribution in [0.3, 0.4) is 0 Å². The van der Waals surface area contributed by atoms with Gasteiger partial charge in [-0.1, -0.05) is 0 Å². The molecule has 1 aromatic carbocycles. The molecular formula is C30H43FN6O4S. The molecule has 0 unspecified atom stereocenters. The molecule has 4 heterocycles. The summed E-state index contributed by atoms with van der Waals surface area (Å²) in [5.74, 6) is 0.834. The van der Waals surface area contributed by atoms with E-state index in [-0.39, 0.29) is 0 Å². The lowest BCUT2D eigenvalue weighted by Gasteiger charge is -2.36. The first-order valence-electron chi connectivity index (χ1n) is 14.9. The van der Waals surface area contributed by atoms with Gasteiger partial charge in [-0.2, -0.15) is 0 Å². The number of alkyl halides is 1. The maximum Gasteiger partial charge on any atom is 0.128 e. The van der Waals surface area contributed by atoms with Gasteiger partial charge in [0.05, 0.1) is 69.6 Å². The van der Waals surface area contributed by atoms with E-state index in [0.717, 1.165) is 61.2 Å². The maximum atomic E-state index is 13.6. The van der Waals surface area contributed by atoms with Crippen molar-refractivity contribution in [3.05, 3.63) is 36.5 Å². The number of ether oxygens (including phenoxy) is 4. The van der Waals surface area contributed by atoms with Crippen molar-refractivity contribution < 1.29 is 23.3 Å². The van der Waals surface area contributed by atoms with Gasteiger partial charge in [0, 0.05) is 63.3 Å². The summed E-state index contributed by atoms with van der Waals surface area (Å²) in [6, 6.07) is 10.6. The quantitative estimate of drug-likeness (QED) is 0.232. The van der Waals surface area contributed by atoms with E-state index in [1.165, 1.54) is 10.4 Å². The van der Waals surface area contributed by atoms with Gasteiger partial charge in [0.1, 0.15) is 17.0 Å². The number of piperazine rings is 1. The largest absolute Gasteiger partial charge is 0.378 e. The van der Waals surface area contributed by atoms with Gasteiger partial charge in [0.25, 0.3) is 0 Å². The lowest BCUT2D eigenvalue weighted by atomic mass is 10.2. The van der Waals surface area contributed by atoms with Gasteiger partial charge >= 0.3 is 0 Å². The number of nitrogens with two attached hydrogens (primary N) is 1. The van der Waals surface area contributed by atoms with Crippen molar-refractivity contribution in [3.8, 4) is 10.6 Å². The van der Waals surface area contributed by atoms with Crippen LogP contribution >= 0.6 is 11.3 Å². The molecule has 0 aliphatic carbocycles. The van der Waals surface area contributed by atoms with Crippen molar-refractivity contribution in [1.82, 2.24) is 14.9 Å². The Labute approximate surface area is 251 Å². The molecular weight excluding hydrogens is 559 g/mol. The number of fused-ring (bicyclic) bond motifs is 1. The fourth-order valence-corrected chi connectivity index (χ4v) is 6.12. The minimum atomic E-state index is -0.756. The number of thiazole rings is 1. The van der Waals surface area contributed by atoms with Crippen molar-refractivity contribution >= 4 is 33.1 Å². The van der Waals surface area contributed by atoms with Crippen LogP contribution in [0.15, 0.2) is 36.5 Å². The highest BCUT2D eigenvalue weighted by Crippen LogP contribution is 2.33. The van der Waals surface area contributed by atoms with Crippen LogP contribution in [0.25, 0.3) is 20.8 Å². The first-order valence-corrected chi connectivity index (χ1v) is 15.8. The molecule has 5 rings (SSSR count). The van der Waals surface area contributed by atoms with E-state index in [0.29, 0.717) is 72.4 Å². The number of hydrogen-bond donors (Lipinski definition) is 1. The summed E-state index contributed by atoms with van der Waals surface area (Å²) in [6.07, 6.45) is 1.68. The summed E-state index contributed by atoms with van der Waals surface area (Å²) in [5.41, 5.74) is 8.60. The van der Waals surface area contributed by atoms with Gasteiger partial charge in [0.15, 0.2) is 0 Å². The van der Waals surface area contributed by atoms with Gasteiger partial charge < -0.3 is 34.5 Å². The van der Waals surface area contributed by atoms with Crippen molar-refractivity contribution in [2.24, 2.45) is 5.73 Å². The average molecular weight is 603 g/mol. The second-order valence-electron chi connectivity index (χ2n) is 10.5. The number of hydrogen-bond acceptors (Lipinski definition) is 11. The number of nitrogens with zero attached hydrogens (tertiary/aromatic N) is 5. The minimum Gasteiger partial charge on any atom is -0.378 e. The molecule has 10 nitrogen and oxygen atoms in total. The van der Waals surface area contributed by atoms with E-state index in [9.17, 15) is 4.39 Å². The highest BCUT2D eigenvalue weighted by Gasteiger charge is 2.23. The monoisotopic (exact) mass is 602 g/mol. The molecule has 3 aromatic rings. The number of halogens is 1. The normalized spacial score (nSPS) is 18.0. The predicted molar refractivity (Wildman–Crippen MR) is 166 cm³/mol. The van der Waals surface area contributed by atoms with Gasteiger partial charge in [-0.3, -0.25) is 4.90 Å². The molecule has 2 saturated heterocycles. The van der Waals surface area contributed by atoms with E-state index in [4.69, 9.17) is 29.7 Å². The fraction of sp³-hybridized carbons (Fsp3) is 0.600. The van der Waals surface area contributed by atoms with Crippen molar-refractivity contribution in [1.29, 1.82) is 0 Å². The molecule has 0 bridgehead atoms. The Morgan fingerprint density at radius 2 is 1.55 bits per heavy atom. The second-order valence-corrected chi connectivity index (χ2v) is 11.5. The number of benzene rings is 1. The van der Waals surface area contributed by atoms with Crippen LogP contribution in [0.4, 0.5) is 15.9 Å². The van der Waals surface area contributed by atoms with Gasteiger partial charge in [-0.15, -0.1) is 11.3 Å². The zero-order valence-corrected chi connectivity index (χ0v) is 25.1. The highest BCUT2D eigenvalue weighted by atomic mass is 32.1. The van der Waals surface area contributed by atoms with Crippen molar-refractivity contribution in [2.75, 3.05) is 115 Å². The molecule has 2 aromatic heterocycles. The summed E-state index contributed by atoms with van der Waals surface area (Å²) in [7, 11) is 0. The zero-order valence-electron chi connectivity index (χ0n) is 24.3. The van der Waals surface area contributed by atoms with Crippen LogP contribution in [0.2, 0.25) is 0 Å². The van der Waals surface area contributed by atoms with Crippen molar-refractivity contribution in [3.63, 3.8) is 0 Å². The molecule has 0 saturated carbocycles. The van der Waals surface area contributed by atoms with Gasteiger partial charge in [-0.05, 0) is 36.8 Å². The van der Waals surface area contributed by atoms with Crippen LogP contribution in [-0.4, -0.2) is 126 Å². The molecule has 2 aliphatic heterocycles. The zero-order chi connectivity index (χ0) is 29.0. The number of pyridine rings is 1. The first-order chi connectivity index (χ1) is 20.7. The summed E-state index contributed by atoms with van der Waals surface area (Å²) >= 11 is 1.69. The summed E-state index contributed by atoms with van der Waals surface area (Å²) in [4.78, 5) is 16.3. The molecule has 0 radical (unpaired) electrons. The third-order valence-electron chi connectivity index (χ3n) is 7.49. The topological polar surface area (TPSA) is 98.4 Å². The Hall–Kier alpha value is -2.45. The molecule has 1 atom stereocenters. The third kappa shape index (κ3) is 9.03. The molecule has 2 N–H and O–H groups in total. The molecule has 230 valence electrons. The summed E-state index contributed by atoms with van der Waals surface area (Å²) in [6.45, 7) is 11.3. The van der Waals surface area contributed by atoms with Crippen LogP contribution in [0, 0.1) is 0 Å². The van der Waals surface area contributed by atoms with Crippen LogP contribution in [0.5, 0.6) is 0 Å². The fourth-order valence-electron chi connectivity index (χ4n) is 5.13. The van der Waals surface area contributed by atoms with Crippen LogP contribution in [-0.2, 0) is 18.9 Å². The molecule has 42 heavy (non-hydrogen) atoms. The van der Waals surface area contributed by atoms with E-state index < -0.39 is 6.17 Å². The first kappa shape index (κ1) is 31.0. The highest BCUT2D eigenvalue weighted by molar-refractivity contribution is 7.21. The van der Waals surface area contributed by atoms with Crippen LogP contribution < -0.4 is 15.5 Å². The molecule has 2 aliphatic rings. The van der Waals surface area contributed by atoms with E-state index >= 15 is 0 Å². The van der Waals surface area contributed by atoms with Gasteiger partial charge in [-0.25, -0.2) is 14.4 Å². The van der Waals surface area contributed by atoms with E-state index in [1.807, 2.05) is 23.2 Å². The Bertz CT molecular complexity index is 1210. The molecule has 2 fully saturated rings. The van der Waals surface area contributed by atoms with Gasteiger partial charge in [0.2, 0.25) is 0 Å². The lowest BCUT2D eigenvalue weighted by molar-refractivity contribution is -0.00324. The maximum absolute atomic E-state index is 13.6. The number of anilines is 2. The average Bonchev–Trinajstić information content (AvgIpc) is 3.66. The minimum absolute atomic E-state index is 0.429. The smallest absolute Gasteiger partial charge is 0.128 e. The van der Waals surface area contributed by atoms with E-state index in [1.54, 1.807) is 11.3 Å². The summed E-state index contributed by atoms with van der Waals surface area (Å²) < 4.78 is 36.7. The van der Waals surface area contributed by atoms with Crippen molar-refractivity contribution in [2.45, 2.75) is 12.6 Å². The lowest BCUT2D eigenvalue weighted by Crippen LogP contribution is -2.47.